The van der Waals surface area contributed by atoms with Gasteiger partial charge < -0.3 is 4.74 Å². The van der Waals surface area contributed by atoms with Crippen LogP contribution < -0.4 is 4.74 Å². The second-order valence-electron chi connectivity index (χ2n) is 6.03. The minimum Gasteiger partial charge on any atom is -0.492 e. The molecule has 0 unspecified atom stereocenters. The topological polar surface area (TPSA) is 29.5 Å². The molecule has 0 aromatic heterocycles. The molecule has 0 atom stereocenters. The lowest BCUT2D eigenvalue weighted by Gasteiger charge is -2.14. The van der Waals surface area contributed by atoms with Crippen molar-refractivity contribution >= 4 is 11.9 Å². The van der Waals surface area contributed by atoms with Crippen molar-refractivity contribution < 1.29 is 9.53 Å². The second-order valence-corrected chi connectivity index (χ2v) is 6.03. The molecule has 0 aliphatic carbocycles. The summed E-state index contributed by atoms with van der Waals surface area (Å²) in [7, 11) is 0. The molecule has 2 aromatic rings. The quantitative estimate of drug-likeness (QED) is 0.569. The summed E-state index contributed by atoms with van der Waals surface area (Å²) in [5, 5.41) is 0. The van der Waals surface area contributed by atoms with Crippen LogP contribution in [0.4, 0.5) is 0 Å². The van der Waals surface area contributed by atoms with Gasteiger partial charge in [0.15, 0.2) is 5.78 Å². The van der Waals surface area contributed by atoms with E-state index in [4.69, 9.17) is 4.74 Å². The van der Waals surface area contributed by atoms with E-state index in [2.05, 4.69) is 4.90 Å². The van der Waals surface area contributed by atoms with Gasteiger partial charge in [-0.2, -0.15) is 0 Å². The van der Waals surface area contributed by atoms with Crippen molar-refractivity contribution in [3.05, 3.63) is 71.8 Å². The minimum atomic E-state index is 0.00229. The number of benzene rings is 2. The highest BCUT2D eigenvalue weighted by Gasteiger charge is 2.10. The van der Waals surface area contributed by atoms with Crippen molar-refractivity contribution in [1.82, 2.24) is 4.90 Å². The zero-order valence-corrected chi connectivity index (χ0v) is 13.9. The van der Waals surface area contributed by atoms with Crippen LogP contribution in [0.25, 0.3) is 6.08 Å². The van der Waals surface area contributed by atoms with Gasteiger partial charge in [-0.25, -0.2) is 0 Å². The highest BCUT2D eigenvalue weighted by molar-refractivity contribution is 6.06. The van der Waals surface area contributed by atoms with Crippen LogP contribution >= 0.6 is 0 Å². The fraction of sp³-hybridized carbons (Fsp3) is 0.286. The summed E-state index contributed by atoms with van der Waals surface area (Å²) in [6.45, 7) is 4.04. The molecule has 0 amide bonds. The molecule has 0 N–H and O–H groups in total. The van der Waals surface area contributed by atoms with Crippen molar-refractivity contribution in [1.29, 1.82) is 0 Å². The first-order valence-electron chi connectivity index (χ1n) is 8.54. The van der Waals surface area contributed by atoms with Crippen LogP contribution in [-0.4, -0.2) is 36.9 Å². The summed E-state index contributed by atoms with van der Waals surface area (Å²) in [6, 6.07) is 17.2. The predicted octanol–water partition coefficient (Wildman–Crippen LogP) is 4.06. The maximum Gasteiger partial charge on any atom is 0.185 e. The van der Waals surface area contributed by atoms with Gasteiger partial charge in [-0.05, 0) is 61.8 Å². The lowest BCUT2D eigenvalue weighted by Crippen LogP contribution is -2.25. The molecule has 0 radical (unpaired) electrons. The maximum absolute atomic E-state index is 12.2. The Morgan fingerprint density at radius 1 is 1.00 bits per heavy atom. The van der Waals surface area contributed by atoms with E-state index < -0.39 is 0 Å². The van der Waals surface area contributed by atoms with Crippen LogP contribution in [0, 0.1) is 0 Å². The Morgan fingerprint density at radius 2 is 1.71 bits per heavy atom. The largest absolute Gasteiger partial charge is 0.492 e. The first kappa shape index (κ1) is 16.5. The Kier molecular flexibility index (Phi) is 5.80. The highest BCUT2D eigenvalue weighted by Crippen LogP contribution is 2.14. The van der Waals surface area contributed by atoms with Crippen LogP contribution in [0.5, 0.6) is 5.75 Å². The molecule has 1 aliphatic heterocycles. The van der Waals surface area contributed by atoms with E-state index >= 15 is 0 Å². The number of ether oxygens (including phenoxy) is 1. The third-order valence-corrected chi connectivity index (χ3v) is 4.24. The van der Waals surface area contributed by atoms with Crippen LogP contribution in [0.1, 0.15) is 28.8 Å². The molecule has 0 saturated carbocycles. The van der Waals surface area contributed by atoms with Gasteiger partial charge in [0.05, 0.1) is 0 Å². The maximum atomic E-state index is 12.2. The van der Waals surface area contributed by atoms with E-state index in [1.807, 2.05) is 60.7 Å². The molecule has 124 valence electrons. The van der Waals surface area contributed by atoms with Gasteiger partial charge >= 0.3 is 0 Å². The normalized spacial score (nSPS) is 15.0. The Balaban J connectivity index is 1.50. The van der Waals surface area contributed by atoms with E-state index in [9.17, 15) is 4.79 Å². The molecule has 0 bridgehead atoms. The molecular weight excluding hydrogens is 298 g/mol. The Labute approximate surface area is 143 Å². The number of hydrogen-bond acceptors (Lipinski definition) is 3. The molecule has 24 heavy (non-hydrogen) atoms. The average molecular weight is 321 g/mol. The number of carbonyl (C=O) groups excluding carboxylic acids is 1. The predicted molar refractivity (Wildman–Crippen MR) is 97.4 cm³/mol. The van der Waals surface area contributed by atoms with Gasteiger partial charge in [0, 0.05) is 12.1 Å². The van der Waals surface area contributed by atoms with E-state index in [0.29, 0.717) is 12.2 Å². The second kappa shape index (κ2) is 8.46. The highest BCUT2D eigenvalue weighted by atomic mass is 16.5. The van der Waals surface area contributed by atoms with Gasteiger partial charge in [0.25, 0.3) is 0 Å². The molecule has 1 saturated heterocycles. The molecule has 3 nitrogen and oxygen atoms in total. The number of ketones is 1. The molecule has 0 spiro atoms. The Morgan fingerprint density at radius 3 is 2.42 bits per heavy atom. The fourth-order valence-electron chi connectivity index (χ4n) is 2.85. The summed E-state index contributed by atoms with van der Waals surface area (Å²) in [5.41, 5.74) is 1.70. The SMILES string of the molecule is O=C(/C=C/c1ccccc1)c1ccc(OCCN2CCCC2)cc1. The van der Waals surface area contributed by atoms with Gasteiger partial charge in [0.2, 0.25) is 0 Å². The van der Waals surface area contributed by atoms with Gasteiger partial charge in [-0.1, -0.05) is 36.4 Å². The average Bonchev–Trinajstić information content (AvgIpc) is 3.15. The summed E-state index contributed by atoms with van der Waals surface area (Å²) in [4.78, 5) is 14.6. The summed E-state index contributed by atoms with van der Waals surface area (Å²) >= 11 is 0. The van der Waals surface area contributed by atoms with Crippen LogP contribution in [0.2, 0.25) is 0 Å². The number of likely N-dealkylation sites (tertiary alicyclic amines) is 1. The number of allylic oxidation sites excluding steroid dienone is 1. The van der Waals surface area contributed by atoms with E-state index in [-0.39, 0.29) is 5.78 Å². The Bertz CT molecular complexity index is 671. The van der Waals surface area contributed by atoms with Gasteiger partial charge in [-0.3, -0.25) is 9.69 Å². The molecule has 2 aromatic carbocycles. The standard InChI is InChI=1S/C21H23NO2/c23-21(13-8-18-6-2-1-3-7-18)19-9-11-20(12-10-19)24-17-16-22-14-4-5-15-22/h1-3,6-13H,4-5,14-17H2/b13-8+. The van der Waals surface area contributed by atoms with Crippen LogP contribution in [0.3, 0.4) is 0 Å². The third-order valence-electron chi connectivity index (χ3n) is 4.24. The lowest BCUT2D eigenvalue weighted by molar-refractivity contribution is 0.104. The van der Waals surface area contributed by atoms with Crippen molar-refractivity contribution in [2.45, 2.75) is 12.8 Å². The fourth-order valence-corrected chi connectivity index (χ4v) is 2.85. The monoisotopic (exact) mass is 321 g/mol. The lowest BCUT2D eigenvalue weighted by atomic mass is 10.1. The molecule has 3 rings (SSSR count). The third kappa shape index (κ3) is 4.80. The molecule has 3 heteroatoms. The summed E-state index contributed by atoms with van der Waals surface area (Å²) in [6.07, 6.45) is 6.04. The summed E-state index contributed by atoms with van der Waals surface area (Å²) < 4.78 is 5.76. The molecule has 1 aliphatic rings. The number of carbonyl (C=O) groups is 1. The van der Waals surface area contributed by atoms with E-state index in [0.717, 1.165) is 17.9 Å². The van der Waals surface area contributed by atoms with Crippen LogP contribution in [-0.2, 0) is 0 Å². The number of rotatable bonds is 7. The van der Waals surface area contributed by atoms with Crippen molar-refractivity contribution in [3.8, 4) is 5.75 Å². The summed E-state index contributed by atoms with van der Waals surface area (Å²) in [5.74, 6) is 0.820. The molecule has 1 heterocycles. The number of hydrogen-bond donors (Lipinski definition) is 0. The van der Waals surface area contributed by atoms with Crippen molar-refractivity contribution in [3.63, 3.8) is 0 Å². The Hall–Kier alpha value is -2.39. The van der Waals surface area contributed by atoms with Crippen molar-refractivity contribution in [2.75, 3.05) is 26.2 Å². The molecule has 1 fully saturated rings. The van der Waals surface area contributed by atoms with E-state index in [1.165, 1.54) is 25.9 Å². The van der Waals surface area contributed by atoms with Gasteiger partial charge in [0.1, 0.15) is 12.4 Å². The number of nitrogens with zero attached hydrogens (tertiary/aromatic N) is 1. The first-order chi connectivity index (χ1) is 11.8. The zero-order chi connectivity index (χ0) is 16.6. The zero-order valence-electron chi connectivity index (χ0n) is 13.9. The smallest absolute Gasteiger partial charge is 0.185 e. The molecular formula is C21H23NO2. The van der Waals surface area contributed by atoms with Crippen LogP contribution in [0.15, 0.2) is 60.7 Å². The minimum absolute atomic E-state index is 0.00229. The van der Waals surface area contributed by atoms with E-state index in [1.54, 1.807) is 6.08 Å². The van der Waals surface area contributed by atoms with Crippen molar-refractivity contribution in [2.24, 2.45) is 0 Å². The van der Waals surface area contributed by atoms with Gasteiger partial charge in [-0.15, -0.1) is 0 Å². The first-order valence-corrected chi connectivity index (χ1v) is 8.54.